The van der Waals surface area contributed by atoms with Crippen LogP contribution in [0.3, 0.4) is 0 Å². The lowest BCUT2D eigenvalue weighted by Gasteiger charge is -2.33. The van der Waals surface area contributed by atoms with Gasteiger partial charge in [0.2, 0.25) is 0 Å². The summed E-state index contributed by atoms with van der Waals surface area (Å²) in [7, 11) is 1.62. The number of ether oxygens (including phenoxy) is 2. The molecule has 1 fully saturated rings. The van der Waals surface area contributed by atoms with Gasteiger partial charge in [0.25, 0.3) is 5.89 Å². The van der Waals surface area contributed by atoms with Crippen molar-refractivity contribution in [1.29, 1.82) is 0 Å². The SMILES string of the molecule is COCCOCc1nc(C2CCCCN2C(=O)NCCc2ccccc2)no1. The van der Waals surface area contributed by atoms with Gasteiger partial charge >= 0.3 is 6.03 Å². The Morgan fingerprint density at radius 3 is 2.96 bits per heavy atom. The van der Waals surface area contributed by atoms with Crippen molar-refractivity contribution in [3.05, 3.63) is 47.6 Å². The zero-order valence-electron chi connectivity index (χ0n) is 16.3. The van der Waals surface area contributed by atoms with Crippen LogP contribution in [0.4, 0.5) is 4.79 Å². The highest BCUT2D eigenvalue weighted by molar-refractivity contribution is 5.74. The molecule has 1 N–H and O–H groups in total. The van der Waals surface area contributed by atoms with Gasteiger partial charge in [-0.2, -0.15) is 4.98 Å². The largest absolute Gasteiger partial charge is 0.382 e. The Labute approximate surface area is 165 Å². The Bertz CT molecular complexity index is 722. The first-order valence-electron chi connectivity index (χ1n) is 9.75. The Kier molecular flexibility index (Phi) is 7.81. The van der Waals surface area contributed by atoms with E-state index in [4.69, 9.17) is 14.0 Å². The summed E-state index contributed by atoms with van der Waals surface area (Å²) in [5, 5.41) is 7.10. The van der Waals surface area contributed by atoms with E-state index in [0.717, 1.165) is 25.7 Å². The molecule has 2 aromatic rings. The summed E-state index contributed by atoms with van der Waals surface area (Å²) in [4.78, 5) is 19.0. The molecule has 8 heteroatoms. The second kappa shape index (κ2) is 10.8. The molecular weight excluding hydrogens is 360 g/mol. The number of amides is 2. The Morgan fingerprint density at radius 1 is 1.29 bits per heavy atom. The highest BCUT2D eigenvalue weighted by Crippen LogP contribution is 2.29. The van der Waals surface area contributed by atoms with Crippen molar-refractivity contribution >= 4 is 6.03 Å². The number of likely N-dealkylation sites (tertiary alicyclic amines) is 1. The summed E-state index contributed by atoms with van der Waals surface area (Å²) >= 11 is 0. The van der Waals surface area contributed by atoms with Crippen LogP contribution in [0.2, 0.25) is 0 Å². The monoisotopic (exact) mass is 388 g/mol. The minimum Gasteiger partial charge on any atom is -0.382 e. The molecule has 1 unspecified atom stereocenters. The van der Waals surface area contributed by atoms with Crippen LogP contribution in [0.25, 0.3) is 0 Å². The standard InChI is InChI=1S/C20H28N4O4/c1-26-13-14-27-15-18-22-19(23-28-18)17-9-5-6-12-24(17)20(25)21-11-10-16-7-3-2-4-8-16/h2-4,7-8,17H,5-6,9-15H2,1H3,(H,21,25). The Balaban J connectivity index is 1.53. The van der Waals surface area contributed by atoms with E-state index in [-0.39, 0.29) is 18.7 Å². The first-order chi connectivity index (χ1) is 13.8. The van der Waals surface area contributed by atoms with Gasteiger partial charge in [-0.25, -0.2) is 4.79 Å². The van der Waals surface area contributed by atoms with Crippen LogP contribution in [0.15, 0.2) is 34.9 Å². The van der Waals surface area contributed by atoms with E-state index in [0.29, 0.717) is 38.0 Å². The van der Waals surface area contributed by atoms with E-state index >= 15 is 0 Å². The molecule has 28 heavy (non-hydrogen) atoms. The van der Waals surface area contributed by atoms with Gasteiger partial charge in [-0.15, -0.1) is 0 Å². The van der Waals surface area contributed by atoms with Gasteiger partial charge in [0, 0.05) is 20.2 Å². The van der Waals surface area contributed by atoms with Crippen molar-refractivity contribution in [2.45, 2.75) is 38.3 Å². The number of hydrogen-bond donors (Lipinski definition) is 1. The number of nitrogens with one attached hydrogen (secondary N) is 1. The minimum absolute atomic E-state index is 0.0803. The lowest BCUT2D eigenvalue weighted by Crippen LogP contribution is -2.45. The molecule has 0 spiro atoms. The molecule has 2 amide bonds. The predicted octanol–water partition coefficient (Wildman–Crippen LogP) is 2.71. The van der Waals surface area contributed by atoms with E-state index in [2.05, 4.69) is 27.6 Å². The lowest BCUT2D eigenvalue weighted by atomic mass is 10.0. The minimum atomic E-state index is -0.165. The topological polar surface area (TPSA) is 89.7 Å². The van der Waals surface area contributed by atoms with Gasteiger partial charge in [-0.1, -0.05) is 35.5 Å². The van der Waals surface area contributed by atoms with Crippen molar-refractivity contribution in [2.75, 3.05) is 33.4 Å². The van der Waals surface area contributed by atoms with Crippen molar-refractivity contribution in [3.8, 4) is 0 Å². The van der Waals surface area contributed by atoms with Crippen LogP contribution in [0.5, 0.6) is 0 Å². The van der Waals surface area contributed by atoms with Gasteiger partial charge in [-0.05, 0) is 31.2 Å². The fourth-order valence-corrected chi connectivity index (χ4v) is 3.27. The maximum Gasteiger partial charge on any atom is 0.318 e. The summed E-state index contributed by atoms with van der Waals surface area (Å²) in [6.07, 6.45) is 3.64. The molecule has 0 radical (unpaired) electrons. The Morgan fingerprint density at radius 2 is 2.14 bits per heavy atom. The zero-order chi connectivity index (χ0) is 19.6. The molecule has 1 aromatic carbocycles. The summed E-state index contributed by atoms with van der Waals surface area (Å²) < 4.78 is 15.6. The number of aromatic nitrogens is 2. The van der Waals surface area contributed by atoms with Gasteiger partial charge in [0.15, 0.2) is 5.82 Å². The number of rotatable bonds is 9. The number of methoxy groups -OCH3 is 1. The van der Waals surface area contributed by atoms with Crippen LogP contribution in [-0.2, 0) is 22.5 Å². The molecule has 152 valence electrons. The number of nitrogens with zero attached hydrogens (tertiary/aromatic N) is 3. The molecule has 8 nitrogen and oxygen atoms in total. The summed E-state index contributed by atoms with van der Waals surface area (Å²) in [5.41, 5.74) is 1.20. The van der Waals surface area contributed by atoms with Gasteiger partial charge in [-0.3, -0.25) is 0 Å². The number of carbonyl (C=O) groups is 1. The molecule has 1 aliphatic heterocycles. The number of piperidine rings is 1. The van der Waals surface area contributed by atoms with Crippen LogP contribution in [-0.4, -0.2) is 54.5 Å². The first-order valence-corrected chi connectivity index (χ1v) is 9.75. The molecule has 1 aliphatic rings. The van der Waals surface area contributed by atoms with Crippen LogP contribution in [0.1, 0.15) is 42.6 Å². The fraction of sp³-hybridized carbons (Fsp3) is 0.550. The normalized spacial score (nSPS) is 16.9. The summed E-state index contributed by atoms with van der Waals surface area (Å²) in [5.74, 6) is 0.962. The third kappa shape index (κ3) is 5.77. The molecule has 1 aromatic heterocycles. The van der Waals surface area contributed by atoms with Gasteiger partial charge in [0.05, 0.1) is 19.3 Å². The smallest absolute Gasteiger partial charge is 0.318 e. The molecule has 1 atom stereocenters. The average molecular weight is 388 g/mol. The highest BCUT2D eigenvalue weighted by atomic mass is 16.5. The maximum atomic E-state index is 12.7. The number of urea groups is 1. The van der Waals surface area contributed by atoms with Crippen molar-refractivity contribution in [1.82, 2.24) is 20.4 Å². The van der Waals surface area contributed by atoms with Crippen LogP contribution < -0.4 is 5.32 Å². The molecule has 0 saturated carbocycles. The van der Waals surface area contributed by atoms with Crippen LogP contribution in [0, 0.1) is 0 Å². The molecular formula is C20H28N4O4. The average Bonchev–Trinajstić information content (AvgIpc) is 3.21. The number of carbonyl (C=O) groups excluding carboxylic acids is 1. The molecule has 2 heterocycles. The van der Waals surface area contributed by atoms with E-state index in [9.17, 15) is 4.79 Å². The first kappa shape index (κ1) is 20.3. The third-order valence-electron chi connectivity index (χ3n) is 4.74. The van der Waals surface area contributed by atoms with E-state index in [1.807, 2.05) is 23.1 Å². The van der Waals surface area contributed by atoms with Crippen molar-refractivity contribution < 1.29 is 18.8 Å². The molecule has 0 aliphatic carbocycles. The zero-order valence-corrected chi connectivity index (χ0v) is 16.3. The van der Waals surface area contributed by atoms with Crippen molar-refractivity contribution in [3.63, 3.8) is 0 Å². The molecule has 3 rings (SSSR count). The van der Waals surface area contributed by atoms with E-state index in [1.165, 1.54) is 5.56 Å². The second-order valence-corrected chi connectivity index (χ2v) is 6.76. The fourth-order valence-electron chi connectivity index (χ4n) is 3.27. The quantitative estimate of drug-likeness (QED) is 0.665. The van der Waals surface area contributed by atoms with Gasteiger partial charge in [0.1, 0.15) is 6.61 Å². The lowest BCUT2D eigenvalue weighted by molar-refractivity contribution is 0.0494. The van der Waals surface area contributed by atoms with Crippen LogP contribution >= 0.6 is 0 Å². The predicted molar refractivity (Wildman–Crippen MR) is 103 cm³/mol. The van der Waals surface area contributed by atoms with Crippen molar-refractivity contribution in [2.24, 2.45) is 0 Å². The molecule has 1 saturated heterocycles. The maximum absolute atomic E-state index is 12.7. The Hall–Kier alpha value is -2.45. The summed E-state index contributed by atoms with van der Waals surface area (Å²) in [6.45, 7) is 2.51. The number of hydrogen-bond acceptors (Lipinski definition) is 6. The third-order valence-corrected chi connectivity index (χ3v) is 4.74. The molecule has 0 bridgehead atoms. The van der Waals surface area contributed by atoms with E-state index in [1.54, 1.807) is 7.11 Å². The van der Waals surface area contributed by atoms with Gasteiger partial charge < -0.3 is 24.2 Å². The highest BCUT2D eigenvalue weighted by Gasteiger charge is 2.31. The van der Waals surface area contributed by atoms with E-state index < -0.39 is 0 Å². The number of benzene rings is 1. The summed E-state index contributed by atoms with van der Waals surface area (Å²) in [6, 6.07) is 9.87. The second-order valence-electron chi connectivity index (χ2n) is 6.76.